The lowest BCUT2D eigenvalue weighted by Crippen LogP contribution is -2.43. The molecular weight excluding hydrogens is 304 g/mol. The molecule has 0 bridgehead atoms. The zero-order valence-corrected chi connectivity index (χ0v) is 13.2. The Kier molecular flexibility index (Phi) is 6.14. The number of hydrogen-bond donors (Lipinski definition) is 1. The minimum atomic E-state index is 1.00. The Morgan fingerprint density at radius 1 is 1.26 bits per heavy atom. The van der Waals surface area contributed by atoms with Crippen molar-refractivity contribution in [3.63, 3.8) is 0 Å². The highest BCUT2D eigenvalue weighted by molar-refractivity contribution is 9.10. The zero-order chi connectivity index (χ0) is 13.5. The van der Waals surface area contributed by atoms with E-state index in [0.29, 0.717) is 0 Å². The number of unbranched alkanes of at least 4 members (excludes halogenated alkanes) is 1. The smallest absolute Gasteiger partial charge is 0.122 e. The zero-order valence-electron chi connectivity index (χ0n) is 11.6. The molecule has 0 saturated carbocycles. The van der Waals surface area contributed by atoms with Crippen LogP contribution in [0.2, 0.25) is 0 Å². The molecular formula is C15H23BrN2O. The summed E-state index contributed by atoms with van der Waals surface area (Å²) in [4.78, 5) is 2.55. The van der Waals surface area contributed by atoms with Gasteiger partial charge >= 0.3 is 0 Å². The second-order valence-corrected chi connectivity index (χ2v) is 5.92. The van der Waals surface area contributed by atoms with Crippen LogP contribution in [0.3, 0.4) is 0 Å². The van der Waals surface area contributed by atoms with Gasteiger partial charge in [-0.1, -0.05) is 15.9 Å². The molecule has 1 saturated heterocycles. The van der Waals surface area contributed by atoms with Gasteiger partial charge in [0.15, 0.2) is 0 Å². The molecule has 4 heteroatoms. The molecule has 1 aliphatic rings. The largest absolute Gasteiger partial charge is 0.496 e. The lowest BCUT2D eigenvalue weighted by Gasteiger charge is -2.27. The van der Waals surface area contributed by atoms with Crippen molar-refractivity contribution in [2.45, 2.75) is 19.3 Å². The van der Waals surface area contributed by atoms with Gasteiger partial charge in [-0.25, -0.2) is 0 Å². The number of halogens is 1. The number of nitrogens with zero attached hydrogens (tertiary/aromatic N) is 1. The van der Waals surface area contributed by atoms with Crippen molar-refractivity contribution >= 4 is 15.9 Å². The maximum absolute atomic E-state index is 5.41. The summed E-state index contributed by atoms with van der Waals surface area (Å²) in [5.74, 6) is 1.00. The molecule has 1 heterocycles. The van der Waals surface area contributed by atoms with Gasteiger partial charge in [-0.3, -0.25) is 0 Å². The van der Waals surface area contributed by atoms with Gasteiger partial charge in [0.2, 0.25) is 0 Å². The van der Waals surface area contributed by atoms with E-state index in [0.717, 1.165) is 29.7 Å². The molecule has 0 aromatic heterocycles. The van der Waals surface area contributed by atoms with Crippen molar-refractivity contribution in [3.8, 4) is 5.75 Å². The van der Waals surface area contributed by atoms with Crippen LogP contribution >= 0.6 is 15.9 Å². The molecule has 1 N–H and O–H groups in total. The summed E-state index contributed by atoms with van der Waals surface area (Å²) < 4.78 is 6.54. The van der Waals surface area contributed by atoms with Gasteiger partial charge in [0.05, 0.1) is 7.11 Å². The van der Waals surface area contributed by atoms with Crippen LogP contribution in [0.4, 0.5) is 0 Å². The van der Waals surface area contributed by atoms with E-state index in [-0.39, 0.29) is 0 Å². The summed E-state index contributed by atoms with van der Waals surface area (Å²) in [6, 6.07) is 6.24. The minimum Gasteiger partial charge on any atom is -0.496 e. The maximum Gasteiger partial charge on any atom is 0.122 e. The predicted octanol–water partition coefficient (Wildman–Crippen LogP) is 2.69. The van der Waals surface area contributed by atoms with Crippen molar-refractivity contribution in [1.82, 2.24) is 10.2 Å². The van der Waals surface area contributed by atoms with E-state index in [1.165, 1.54) is 38.0 Å². The van der Waals surface area contributed by atoms with Gasteiger partial charge in [-0.05, 0) is 49.6 Å². The fourth-order valence-electron chi connectivity index (χ4n) is 2.53. The molecule has 2 rings (SSSR count). The summed E-state index contributed by atoms with van der Waals surface area (Å²) >= 11 is 3.53. The number of aryl methyl sites for hydroxylation is 1. The standard InChI is InChI=1S/C15H23BrN2O/c1-19-15-6-5-14(16)12-13(15)4-2-3-9-18-10-7-17-8-11-18/h5-6,12,17H,2-4,7-11H2,1H3. The second-order valence-electron chi connectivity index (χ2n) is 5.00. The van der Waals surface area contributed by atoms with Crippen molar-refractivity contribution in [2.24, 2.45) is 0 Å². The first-order valence-electron chi connectivity index (χ1n) is 7.05. The van der Waals surface area contributed by atoms with E-state index in [9.17, 15) is 0 Å². The van der Waals surface area contributed by atoms with Crippen LogP contribution in [0.25, 0.3) is 0 Å². The summed E-state index contributed by atoms with van der Waals surface area (Å²) in [7, 11) is 1.74. The van der Waals surface area contributed by atoms with E-state index in [1.807, 2.05) is 12.1 Å². The molecule has 0 atom stereocenters. The Labute approximate surface area is 124 Å². The van der Waals surface area contributed by atoms with Gasteiger partial charge in [0.25, 0.3) is 0 Å². The summed E-state index contributed by atoms with van der Waals surface area (Å²) in [6.45, 7) is 5.89. The highest BCUT2D eigenvalue weighted by Crippen LogP contribution is 2.24. The fourth-order valence-corrected chi connectivity index (χ4v) is 2.94. The van der Waals surface area contributed by atoms with Gasteiger partial charge in [-0.15, -0.1) is 0 Å². The van der Waals surface area contributed by atoms with Crippen LogP contribution in [-0.2, 0) is 6.42 Å². The number of benzene rings is 1. The molecule has 0 unspecified atom stereocenters. The number of rotatable bonds is 6. The second kappa shape index (κ2) is 7.88. The molecule has 1 aliphatic heterocycles. The van der Waals surface area contributed by atoms with E-state index < -0.39 is 0 Å². The minimum absolute atomic E-state index is 1.00. The van der Waals surface area contributed by atoms with Crippen molar-refractivity contribution in [3.05, 3.63) is 28.2 Å². The number of nitrogens with one attached hydrogen (secondary N) is 1. The van der Waals surface area contributed by atoms with E-state index in [1.54, 1.807) is 7.11 Å². The van der Waals surface area contributed by atoms with Crippen LogP contribution in [0.5, 0.6) is 5.75 Å². The quantitative estimate of drug-likeness (QED) is 0.813. The number of ether oxygens (including phenoxy) is 1. The van der Waals surface area contributed by atoms with Crippen LogP contribution in [0.1, 0.15) is 18.4 Å². The Hall–Kier alpha value is -0.580. The number of piperazine rings is 1. The maximum atomic E-state index is 5.41. The third-order valence-electron chi connectivity index (χ3n) is 3.62. The third-order valence-corrected chi connectivity index (χ3v) is 4.12. The van der Waals surface area contributed by atoms with Crippen molar-refractivity contribution in [2.75, 3.05) is 39.8 Å². The molecule has 19 heavy (non-hydrogen) atoms. The van der Waals surface area contributed by atoms with Crippen molar-refractivity contribution in [1.29, 1.82) is 0 Å². The van der Waals surface area contributed by atoms with E-state index >= 15 is 0 Å². The molecule has 0 radical (unpaired) electrons. The topological polar surface area (TPSA) is 24.5 Å². The average Bonchev–Trinajstić information content (AvgIpc) is 2.45. The Balaban J connectivity index is 1.74. The fraction of sp³-hybridized carbons (Fsp3) is 0.600. The van der Waals surface area contributed by atoms with Crippen molar-refractivity contribution < 1.29 is 4.74 Å². The molecule has 0 aliphatic carbocycles. The normalized spacial score (nSPS) is 16.5. The molecule has 1 aromatic carbocycles. The van der Waals surface area contributed by atoms with Gasteiger partial charge in [-0.2, -0.15) is 0 Å². The lowest BCUT2D eigenvalue weighted by molar-refractivity contribution is 0.237. The first-order valence-corrected chi connectivity index (χ1v) is 7.84. The van der Waals surface area contributed by atoms with E-state index in [2.05, 4.69) is 32.2 Å². The van der Waals surface area contributed by atoms with Gasteiger partial charge in [0, 0.05) is 30.7 Å². The Bertz CT molecular complexity index is 392. The van der Waals surface area contributed by atoms with Crippen LogP contribution in [-0.4, -0.2) is 44.7 Å². The summed E-state index contributed by atoms with van der Waals surface area (Å²) in [5.41, 5.74) is 1.30. The first kappa shape index (κ1) is 14.8. The highest BCUT2D eigenvalue weighted by Gasteiger charge is 2.09. The number of methoxy groups -OCH3 is 1. The highest BCUT2D eigenvalue weighted by atomic mass is 79.9. The first-order chi connectivity index (χ1) is 9.29. The predicted molar refractivity (Wildman–Crippen MR) is 82.9 cm³/mol. The Morgan fingerprint density at radius 2 is 2.05 bits per heavy atom. The van der Waals surface area contributed by atoms with Gasteiger partial charge in [0.1, 0.15) is 5.75 Å². The van der Waals surface area contributed by atoms with Crippen LogP contribution in [0, 0.1) is 0 Å². The number of hydrogen-bond acceptors (Lipinski definition) is 3. The van der Waals surface area contributed by atoms with Crippen LogP contribution < -0.4 is 10.1 Å². The SMILES string of the molecule is COc1ccc(Br)cc1CCCCN1CCNCC1. The molecule has 1 fully saturated rings. The molecule has 0 spiro atoms. The Morgan fingerprint density at radius 3 is 2.79 bits per heavy atom. The average molecular weight is 327 g/mol. The molecule has 3 nitrogen and oxygen atoms in total. The third kappa shape index (κ3) is 4.79. The lowest BCUT2D eigenvalue weighted by atomic mass is 10.1. The molecule has 1 aromatic rings. The summed E-state index contributed by atoms with van der Waals surface area (Å²) in [5, 5.41) is 3.39. The van der Waals surface area contributed by atoms with E-state index in [4.69, 9.17) is 4.74 Å². The molecule has 0 amide bonds. The van der Waals surface area contributed by atoms with Gasteiger partial charge < -0.3 is 15.0 Å². The monoisotopic (exact) mass is 326 g/mol. The molecule has 106 valence electrons. The van der Waals surface area contributed by atoms with Crippen LogP contribution in [0.15, 0.2) is 22.7 Å². The summed E-state index contributed by atoms with van der Waals surface area (Å²) in [6.07, 6.45) is 3.57.